The average molecular weight is 308 g/mol. The summed E-state index contributed by atoms with van der Waals surface area (Å²) in [7, 11) is 1.75. The Labute approximate surface area is 132 Å². The van der Waals surface area contributed by atoms with Crippen LogP contribution in [0.4, 0.5) is 0 Å². The first kappa shape index (κ1) is 17.4. The van der Waals surface area contributed by atoms with Gasteiger partial charge in [-0.3, -0.25) is 4.79 Å². The summed E-state index contributed by atoms with van der Waals surface area (Å²) in [5.74, 6) is 0.888. The monoisotopic (exact) mass is 308 g/mol. The quantitative estimate of drug-likeness (QED) is 0.786. The lowest BCUT2D eigenvalue weighted by Crippen LogP contribution is -2.30. The van der Waals surface area contributed by atoms with E-state index in [1.807, 2.05) is 19.9 Å². The third-order valence-electron chi connectivity index (χ3n) is 3.46. The first-order chi connectivity index (χ1) is 9.81. The fourth-order valence-corrected chi connectivity index (χ4v) is 2.08. The topological polar surface area (TPSA) is 55.6 Å². The van der Waals surface area contributed by atoms with Crippen LogP contribution < -0.4 is 10.5 Å². The van der Waals surface area contributed by atoms with Crippen LogP contribution in [0.5, 0.6) is 5.75 Å². The summed E-state index contributed by atoms with van der Waals surface area (Å²) in [6.45, 7) is 7.05. The molecule has 0 saturated heterocycles. The van der Waals surface area contributed by atoms with Crippen molar-refractivity contribution >= 4 is 23.1 Å². The van der Waals surface area contributed by atoms with E-state index in [-0.39, 0.29) is 5.91 Å². The van der Waals surface area contributed by atoms with Crippen molar-refractivity contribution in [2.75, 3.05) is 20.2 Å². The number of thiocarbonyl (C=S) groups is 1. The highest BCUT2D eigenvalue weighted by Gasteiger charge is 2.10. The third-order valence-corrected chi connectivity index (χ3v) is 3.66. The largest absolute Gasteiger partial charge is 0.493 e. The molecule has 0 saturated carbocycles. The molecular formula is C16H24N2O2S. The maximum atomic E-state index is 11.9. The van der Waals surface area contributed by atoms with Crippen molar-refractivity contribution in [1.29, 1.82) is 0 Å². The molecule has 1 rings (SSSR count). The molecule has 0 aliphatic heterocycles. The Morgan fingerprint density at radius 2 is 1.95 bits per heavy atom. The van der Waals surface area contributed by atoms with E-state index in [9.17, 15) is 4.79 Å². The summed E-state index contributed by atoms with van der Waals surface area (Å²) >= 11 is 4.81. The summed E-state index contributed by atoms with van der Waals surface area (Å²) in [6, 6.07) is 4.13. The molecule has 4 nitrogen and oxygen atoms in total. The van der Waals surface area contributed by atoms with Crippen molar-refractivity contribution in [3.05, 3.63) is 28.8 Å². The predicted molar refractivity (Wildman–Crippen MR) is 89.8 cm³/mol. The minimum Gasteiger partial charge on any atom is -0.493 e. The number of hydrogen-bond acceptors (Lipinski definition) is 3. The lowest BCUT2D eigenvalue weighted by Gasteiger charge is -2.17. The van der Waals surface area contributed by atoms with Gasteiger partial charge in [-0.1, -0.05) is 18.3 Å². The Morgan fingerprint density at radius 1 is 1.29 bits per heavy atom. The molecule has 1 aromatic carbocycles. The van der Waals surface area contributed by atoms with Crippen LogP contribution in [0.2, 0.25) is 0 Å². The molecule has 1 aromatic rings. The van der Waals surface area contributed by atoms with Crippen molar-refractivity contribution in [3.63, 3.8) is 0 Å². The second-order valence-corrected chi connectivity index (χ2v) is 5.86. The molecule has 0 fully saturated rings. The van der Waals surface area contributed by atoms with Gasteiger partial charge in [0.25, 0.3) is 0 Å². The van der Waals surface area contributed by atoms with Crippen molar-refractivity contribution in [2.24, 2.45) is 5.73 Å². The zero-order valence-electron chi connectivity index (χ0n) is 13.2. The van der Waals surface area contributed by atoms with Crippen molar-refractivity contribution < 1.29 is 9.53 Å². The molecule has 21 heavy (non-hydrogen) atoms. The van der Waals surface area contributed by atoms with Gasteiger partial charge in [-0.15, -0.1) is 0 Å². The molecule has 0 radical (unpaired) electrons. The van der Waals surface area contributed by atoms with E-state index in [2.05, 4.69) is 13.0 Å². The fourth-order valence-electron chi connectivity index (χ4n) is 1.99. The van der Waals surface area contributed by atoms with E-state index in [0.29, 0.717) is 31.0 Å². The summed E-state index contributed by atoms with van der Waals surface area (Å²) in [5.41, 5.74) is 8.91. The average Bonchev–Trinajstić information content (AvgIpc) is 2.41. The highest BCUT2D eigenvalue weighted by atomic mass is 32.1. The van der Waals surface area contributed by atoms with Gasteiger partial charge in [-0.25, -0.2) is 0 Å². The molecule has 0 atom stereocenters. The van der Waals surface area contributed by atoms with Crippen LogP contribution in [-0.2, 0) is 4.79 Å². The Kier molecular flexibility index (Phi) is 6.62. The zero-order chi connectivity index (χ0) is 16.0. The molecule has 0 spiro atoms. The zero-order valence-corrected chi connectivity index (χ0v) is 14.0. The summed E-state index contributed by atoms with van der Waals surface area (Å²) in [4.78, 5) is 14.0. The number of aryl methyl sites for hydroxylation is 2. The highest BCUT2D eigenvalue weighted by molar-refractivity contribution is 7.80. The maximum absolute atomic E-state index is 11.9. The van der Waals surface area contributed by atoms with Gasteiger partial charge in [-0.2, -0.15) is 0 Å². The van der Waals surface area contributed by atoms with E-state index < -0.39 is 0 Å². The van der Waals surface area contributed by atoms with E-state index in [1.54, 1.807) is 11.9 Å². The second kappa shape index (κ2) is 7.98. The van der Waals surface area contributed by atoms with E-state index in [0.717, 1.165) is 16.9 Å². The third kappa shape index (κ3) is 5.71. The number of benzene rings is 1. The predicted octanol–water partition coefficient (Wildman–Crippen LogP) is 2.52. The number of carbonyl (C=O) groups is 1. The van der Waals surface area contributed by atoms with Crippen molar-refractivity contribution in [3.8, 4) is 5.75 Å². The first-order valence-corrected chi connectivity index (χ1v) is 7.45. The van der Waals surface area contributed by atoms with Gasteiger partial charge in [0.05, 0.1) is 18.0 Å². The molecule has 0 heterocycles. The van der Waals surface area contributed by atoms with Crippen LogP contribution in [0.15, 0.2) is 12.1 Å². The van der Waals surface area contributed by atoms with E-state index in [4.69, 9.17) is 22.7 Å². The lowest BCUT2D eigenvalue weighted by atomic mass is 10.1. The van der Waals surface area contributed by atoms with Crippen LogP contribution in [0.3, 0.4) is 0 Å². The van der Waals surface area contributed by atoms with E-state index >= 15 is 0 Å². The standard InChI is InChI=1S/C16H24N2O2S/c1-11-9-12(2)13(3)14(10-11)20-8-6-16(19)18(4)7-5-15(17)21/h9-10H,5-8H2,1-4H3,(H2,17,21). The van der Waals surface area contributed by atoms with Crippen LogP contribution in [0.25, 0.3) is 0 Å². The first-order valence-electron chi connectivity index (χ1n) is 7.04. The minimum absolute atomic E-state index is 0.0354. The Hall–Kier alpha value is -1.62. The van der Waals surface area contributed by atoms with Crippen LogP contribution in [0.1, 0.15) is 29.5 Å². The van der Waals surface area contributed by atoms with Gasteiger partial charge in [0.1, 0.15) is 5.75 Å². The molecule has 116 valence electrons. The smallest absolute Gasteiger partial charge is 0.225 e. The van der Waals surface area contributed by atoms with Gasteiger partial charge in [0, 0.05) is 20.0 Å². The number of amides is 1. The Balaban J connectivity index is 2.46. The Morgan fingerprint density at radius 3 is 2.57 bits per heavy atom. The lowest BCUT2D eigenvalue weighted by molar-refractivity contribution is -0.130. The number of hydrogen-bond donors (Lipinski definition) is 1. The fraction of sp³-hybridized carbons (Fsp3) is 0.500. The molecule has 1 amide bonds. The van der Waals surface area contributed by atoms with Crippen LogP contribution in [-0.4, -0.2) is 36.0 Å². The van der Waals surface area contributed by atoms with Crippen LogP contribution in [0, 0.1) is 20.8 Å². The van der Waals surface area contributed by atoms with Crippen LogP contribution >= 0.6 is 12.2 Å². The van der Waals surface area contributed by atoms with Crippen molar-refractivity contribution in [2.45, 2.75) is 33.6 Å². The molecule has 2 N–H and O–H groups in total. The molecule has 0 unspecified atom stereocenters. The normalized spacial score (nSPS) is 10.3. The van der Waals surface area contributed by atoms with Crippen molar-refractivity contribution in [1.82, 2.24) is 4.90 Å². The molecule has 0 aromatic heterocycles. The van der Waals surface area contributed by atoms with Gasteiger partial charge in [0.15, 0.2) is 0 Å². The Bertz CT molecular complexity index is 529. The summed E-state index contributed by atoms with van der Waals surface area (Å²) < 4.78 is 5.75. The number of nitrogens with two attached hydrogens (primary N) is 1. The molecular weight excluding hydrogens is 284 g/mol. The molecule has 0 aliphatic rings. The number of nitrogens with zero attached hydrogens (tertiary/aromatic N) is 1. The van der Waals surface area contributed by atoms with Gasteiger partial charge in [-0.05, 0) is 43.5 Å². The molecule has 0 aliphatic carbocycles. The highest BCUT2D eigenvalue weighted by Crippen LogP contribution is 2.23. The number of carbonyl (C=O) groups excluding carboxylic acids is 1. The maximum Gasteiger partial charge on any atom is 0.225 e. The second-order valence-electron chi connectivity index (χ2n) is 5.34. The van der Waals surface area contributed by atoms with Gasteiger partial charge in [0.2, 0.25) is 5.91 Å². The van der Waals surface area contributed by atoms with Gasteiger partial charge >= 0.3 is 0 Å². The summed E-state index contributed by atoms with van der Waals surface area (Å²) in [5, 5.41) is 0. The van der Waals surface area contributed by atoms with Gasteiger partial charge < -0.3 is 15.4 Å². The number of rotatable bonds is 7. The molecule has 0 bridgehead atoms. The SMILES string of the molecule is Cc1cc(C)c(C)c(OCCC(=O)N(C)CCC(N)=S)c1. The number of ether oxygens (including phenoxy) is 1. The summed E-state index contributed by atoms with van der Waals surface area (Å²) in [6.07, 6.45) is 0.898. The van der Waals surface area contributed by atoms with E-state index in [1.165, 1.54) is 5.56 Å². The minimum atomic E-state index is 0.0354. The molecule has 5 heteroatoms.